The first-order valence-electron chi connectivity index (χ1n) is 10.6. The van der Waals surface area contributed by atoms with E-state index in [2.05, 4.69) is 4.98 Å². The first kappa shape index (κ1) is 18.2. The number of nitrogens with zero attached hydrogens (tertiary/aromatic N) is 4. The predicted molar refractivity (Wildman–Crippen MR) is 109 cm³/mol. The number of imidazole rings is 1. The summed E-state index contributed by atoms with van der Waals surface area (Å²) < 4.78 is 8.98. The van der Waals surface area contributed by atoms with Crippen molar-refractivity contribution in [2.75, 3.05) is 13.1 Å². The maximum atomic E-state index is 13.4. The van der Waals surface area contributed by atoms with E-state index >= 15 is 0 Å². The van der Waals surface area contributed by atoms with Gasteiger partial charge in [0.15, 0.2) is 11.4 Å². The number of furan rings is 1. The Morgan fingerprint density at radius 2 is 2.00 bits per heavy atom. The molecule has 0 spiro atoms. The van der Waals surface area contributed by atoms with Gasteiger partial charge >= 0.3 is 5.69 Å². The van der Waals surface area contributed by atoms with Gasteiger partial charge in [-0.25, -0.2) is 9.78 Å². The Hall–Kier alpha value is -2.83. The molecular formula is C22H26N4O3. The lowest BCUT2D eigenvalue weighted by Gasteiger charge is -2.21. The molecule has 0 bridgehead atoms. The Kier molecular flexibility index (Phi) is 4.73. The van der Waals surface area contributed by atoms with Crippen molar-refractivity contribution in [3.05, 3.63) is 53.0 Å². The molecule has 29 heavy (non-hydrogen) atoms. The highest BCUT2D eigenvalue weighted by molar-refractivity contribution is 5.91. The largest absolute Gasteiger partial charge is 0.459 e. The molecule has 3 aromatic rings. The van der Waals surface area contributed by atoms with Crippen LogP contribution in [0.5, 0.6) is 0 Å². The molecule has 0 aromatic carbocycles. The average molecular weight is 394 g/mol. The lowest BCUT2D eigenvalue weighted by molar-refractivity contribution is 0.0756. The van der Waals surface area contributed by atoms with E-state index in [0.29, 0.717) is 24.8 Å². The molecule has 0 unspecified atom stereocenters. The molecule has 5 rings (SSSR count). The third-order valence-electron chi connectivity index (χ3n) is 6.44. The molecule has 1 saturated heterocycles. The summed E-state index contributed by atoms with van der Waals surface area (Å²) in [5, 5.41) is 0. The second-order valence-electron chi connectivity index (χ2n) is 8.28. The van der Waals surface area contributed by atoms with Gasteiger partial charge in [-0.2, -0.15) is 0 Å². The molecule has 0 N–H and O–H groups in total. The molecule has 1 amide bonds. The van der Waals surface area contributed by atoms with Crippen LogP contribution < -0.4 is 5.69 Å². The van der Waals surface area contributed by atoms with E-state index in [-0.39, 0.29) is 17.6 Å². The zero-order valence-electron chi connectivity index (χ0n) is 16.5. The van der Waals surface area contributed by atoms with Crippen LogP contribution in [0.1, 0.15) is 55.1 Å². The maximum absolute atomic E-state index is 13.4. The van der Waals surface area contributed by atoms with Crippen LogP contribution in [0.25, 0.3) is 11.2 Å². The van der Waals surface area contributed by atoms with E-state index in [0.717, 1.165) is 24.1 Å². The van der Waals surface area contributed by atoms with Crippen molar-refractivity contribution < 1.29 is 9.21 Å². The van der Waals surface area contributed by atoms with Crippen LogP contribution in [-0.4, -0.2) is 38.0 Å². The molecule has 2 fully saturated rings. The first-order valence-corrected chi connectivity index (χ1v) is 10.6. The van der Waals surface area contributed by atoms with E-state index in [1.165, 1.54) is 38.4 Å². The molecule has 1 atom stereocenters. The van der Waals surface area contributed by atoms with E-state index in [1.807, 2.05) is 21.3 Å². The predicted octanol–water partition coefficient (Wildman–Crippen LogP) is 3.46. The number of likely N-dealkylation sites (tertiary alicyclic amines) is 1. The Labute approximate surface area is 168 Å². The van der Waals surface area contributed by atoms with Gasteiger partial charge in [-0.3, -0.25) is 13.9 Å². The zero-order valence-corrected chi connectivity index (χ0v) is 16.5. The van der Waals surface area contributed by atoms with Gasteiger partial charge in [0.2, 0.25) is 0 Å². The smallest absolute Gasteiger partial charge is 0.330 e. The topological polar surface area (TPSA) is 73.3 Å². The Bertz CT molecular complexity index is 1060. The van der Waals surface area contributed by atoms with Gasteiger partial charge < -0.3 is 9.32 Å². The average Bonchev–Trinajstić information content (AvgIpc) is 3.49. The highest BCUT2D eigenvalue weighted by Gasteiger charge is 2.32. The van der Waals surface area contributed by atoms with Gasteiger partial charge in [0.25, 0.3) is 5.91 Å². The van der Waals surface area contributed by atoms with E-state index in [4.69, 9.17) is 4.42 Å². The van der Waals surface area contributed by atoms with Gasteiger partial charge in [-0.1, -0.05) is 19.3 Å². The van der Waals surface area contributed by atoms with Gasteiger partial charge in [-0.15, -0.1) is 0 Å². The van der Waals surface area contributed by atoms with E-state index in [9.17, 15) is 9.59 Å². The van der Waals surface area contributed by atoms with Crippen molar-refractivity contribution in [2.24, 2.45) is 5.92 Å². The zero-order chi connectivity index (χ0) is 19.8. The molecular weight excluding hydrogens is 368 g/mol. The van der Waals surface area contributed by atoms with Crippen molar-refractivity contribution in [1.82, 2.24) is 19.0 Å². The van der Waals surface area contributed by atoms with Crippen molar-refractivity contribution in [3.63, 3.8) is 0 Å². The fraction of sp³-hybridized carbons (Fsp3) is 0.500. The first-order chi connectivity index (χ1) is 14.2. The minimum Gasteiger partial charge on any atom is -0.459 e. The van der Waals surface area contributed by atoms with Gasteiger partial charge in [0.1, 0.15) is 0 Å². The lowest BCUT2D eigenvalue weighted by atomic mass is 9.89. The van der Waals surface area contributed by atoms with Gasteiger partial charge in [0.05, 0.1) is 17.8 Å². The molecule has 1 aliphatic heterocycles. The van der Waals surface area contributed by atoms with Crippen LogP contribution >= 0.6 is 0 Å². The van der Waals surface area contributed by atoms with Crippen molar-refractivity contribution in [2.45, 2.75) is 51.1 Å². The molecule has 2 aliphatic rings. The fourth-order valence-corrected chi connectivity index (χ4v) is 4.94. The highest BCUT2D eigenvalue weighted by Crippen LogP contribution is 2.28. The third-order valence-corrected chi connectivity index (χ3v) is 6.44. The van der Waals surface area contributed by atoms with Crippen LogP contribution in [-0.2, 0) is 6.54 Å². The summed E-state index contributed by atoms with van der Waals surface area (Å²) in [6.07, 6.45) is 10.2. The minimum absolute atomic E-state index is 0.00145. The molecule has 0 radical (unpaired) electrons. The normalized spacial score (nSPS) is 20.6. The second-order valence-corrected chi connectivity index (χ2v) is 8.28. The number of rotatable bonds is 4. The van der Waals surface area contributed by atoms with Crippen LogP contribution in [0, 0.1) is 5.92 Å². The lowest BCUT2D eigenvalue weighted by Crippen LogP contribution is -2.33. The van der Waals surface area contributed by atoms with Crippen LogP contribution in [0.2, 0.25) is 0 Å². The number of hydrogen-bond donors (Lipinski definition) is 0. The molecule has 4 heterocycles. The van der Waals surface area contributed by atoms with Crippen LogP contribution in [0.4, 0.5) is 0 Å². The van der Waals surface area contributed by atoms with Crippen molar-refractivity contribution in [3.8, 4) is 0 Å². The standard InChI is InChI=1S/C22H26N4O3/c27-21(19-9-5-13-29-19)24-12-10-17(15-24)26-20-18(8-4-11-23-20)25(22(26)28)14-16-6-2-1-3-7-16/h4-5,8-9,11,13,16-17H,1-3,6-7,10,12,14-15H2/t17-/m1/s1. The summed E-state index contributed by atoms with van der Waals surface area (Å²) in [5.74, 6) is 0.779. The Morgan fingerprint density at radius 1 is 1.14 bits per heavy atom. The van der Waals surface area contributed by atoms with Crippen LogP contribution in [0.3, 0.4) is 0 Å². The SMILES string of the molecule is O=C(c1ccco1)N1CC[C@@H](n2c(=O)n(CC3CCCCC3)c3cccnc32)C1. The van der Waals surface area contributed by atoms with Crippen molar-refractivity contribution >= 4 is 17.1 Å². The summed E-state index contributed by atoms with van der Waals surface area (Å²) in [4.78, 5) is 32.4. The maximum Gasteiger partial charge on any atom is 0.330 e. The van der Waals surface area contributed by atoms with Gasteiger partial charge in [-0.05, 0) is 49.4 Å². The number of pyridine rings is 1. The molecule has 7 nitrogen and oxygen atoms in total. The number of amides is 1. The monoisotopic (exact) mass is 394 g/mol. The van der Waals surface area contributed by atoms with Gasteiger partial charge in [0, 0.05) is 25.8 Å². The Balaban J connectivity index is 1.45. The number of carbonyl (C=O) groups excluding carboxylic acids is 1. The molecule has 152 valence electrons. The number of fused-ring (bicyclic) bond motifs is 1. The molecule has 1 aliphatic carbocycles. The summed E-state index contributed by atoms with van der Waals surface area (Å²) in [5.41, 5.74) is 1.63. The minimum atomic E-state index is -0.121. The van der Waals surface area contributed by atoms with E-state index in [1.54, 1.807) is 23.2 Å². The molecule has 7 heteroatoms. The molecule has 1 saturated carbocycles. The second kappa shape index (κ2) is 7.54. The quantitative estimate of drug-likeness (QED) is 0.679. The summed E-state index contributed by atoms with van der Waals surface area (Å²) in [7, 11) is 0. The van der Waals surface area contributed by atoms with Crippen LogP contribution in [0.15, 0.2) is 45.9 Å². The van der Waals surface area contributed by atoms with Crippen molar-refractivity contribution in [1.29, 1.82) is 0 Å². The summed E-state index contributed by atoms with van der Waals surface area (Å²) in [6.45, 7) is 1.87. The third kappa shape index (κ3) is 3.28. The Morgan fingerprint density at radius 3 is 2.79 bits per heavy atom. The molecule has 3 aromatic heterocycles. The number of hydrogen-bond acceptors (Lipinski definition) is 4. The summed E-state index contributed by atoms with van der Waals surface area (Å²) >= 11 is 0. The number of carbonyl (C=O) groups is 1. The highest BCUT2D eigenvalue weighted by atomic mass is 16.3. The summed E-state index contributed by atoms with van der Waals surface area (Å²) in [6, 6.07) is 7.22. The number of aromatic nitrogens is 3. The van der Waals surface area contributed by atoms with E-state index < -0.39 is 0 Å². The fourth-order valence-electron chi connectivity index (χ4n) is 4.94.